The Balaban J connectivity index is 0.000000791. The zero-order valence-electron chi connectivity index (χ0n) is 9.80. The first kappa shape index (κ1) is 12.9. The van der Waals surface area contributed by atoms with Crippen molar-refractivity contribution in [3.05, 3.63) is 35.1 Å². The Labute approximate surface area is 87.9 Å². The fraction of sp³-hybridized carbons (Fsp3) is 0.462. The molecular weight excluding hydrogens is 170 g/mol. The third-order valence-corrected chi connectivity index (χ3v) is 2.19. The summed E-state index contributed by atoms with van der Waals surface area (Å²) in [4.78, 5) is 4.04. The molecule has 1 aliphatic rings. The number of aliphatic imine (C=N–C) groups is 1. The minimum atomic E-state index is 1.03. The van der Waals surface area contributed by atoms with Crippen LogP contribution in [0.15, 0.2) is 40.1 Å². The van der Waals surface area contributed by atoms with Crippen LogP contribution in [0.25, 0.3) is 0 Å². The summed E-state index contributed by atoms with van der Waals surface area (Å²) < 4.78 is 0. The highest BCUT2D eigenvalue weighted by Gasteiger charge is 2.06. The van der Waals surface area contributed by atoms with Crippen molar-refractivity contribution >= 4 is 6.72 Å². The van der Waals surface area contributed by atoms with E-state index in [1.165, 1.54) is 11.1 Å². The maximum Gasteiger partial charge on any atom is 0.0474 e. The van der Waals surface area contributed by atoms with Crippen LogP contribution < -0.4 is 0 Å². The van der Waals surface area contributed by atoms with E-state index in [2.05, 4.69) is 36.9 Å². The lowest BCUT2D eigenvalue weighted by molar-refractivity contribution is 0.927. The monoisotopic (exact) mass is 191 g/mol. The van der Waals surface area contributed by atoms with Crippen LogP contribution in [0.4, 0.5) is 0 Å². The largest absolute Gasteiger partial charge is 0.268 e. The Kier molecular flexibility index (Phi) is 6.73. The molecule has 0 spiro atoms. The van der Waals surface area contributed by atoms with Gasteiger partial charge in [0.2, 0.25) is 0 Å². The van der Waals surface area contributed by atoms with Gasteiger partial charge in [-0.05, 0) is 44.6 Å². The van der Waals surface area contributed by atoms with E-state index in [0.29, 0.717) is 0 Å². The van der Waals surface area contributed by atoms with Crippen molar-refractivity contribution in [2.24, 2.45) is 4.99 Å². The van der Waals surface area contributed by atoms with E-state index in [1.54, 1.807) is 0 Å². The van der Waals surface area contributed by atoms with Crippen molar-refractivity contribution in [1.29, 1.82) is 0 Å². The third kappa shape index (κ3) is 3.33. The first-order valence-electron chi connectivity index (χ1n) is 5.29. The lowest BCUT2D eigenvalue weighted by atomic mass is 9.98. The van der Waals surface area contributed by atoms with Gasteiger partial charge in [0.05, 0.1) is 0 Å². The van der Waals surface area contributed by atoms with Gasteiger partial charge in [0.15, 0.2) is 0 Å². The number of hydrogen-bond acceptors (Lipinski definition) is 1. The fourth-order valence-corrected chi connectivity index (χ4v) is 1.33. The Morgan fingerprint density at radius 2 is 2.14 bits per heavy atom. The second-order valence-electron chi connectivity index (χ2n) is 2.93. The summed E-state index contributed by atoms with van der Waals surface area (Å²) in [5, 5.41) is 0. The highest BCUT2D eigenvalue weighted by Crippen LogP contribution is 2.24. The van der Waals surface area contributed by atoms with Gasteiger partial charge in [-0.3, -0.25) is 4.99 Å². The Morgan fingerprint density at radius 1 is 1.50 bits per heavy atom. The molecule has 1 nitrogen and oxygen atoms in total. The Bertz CT molecular complexity index is 267. The molecule has 0 heterocycles. The Hall–Kier alpha value is -1.11. The van der Waals surface area contributed by atoms with Gasteiger partial charge in [0, 0.05) is 5.70 Å². The molecule has 0 aromatic rings. The van der Waals surface area contributed by atoms with Gasteiger partial charge in [-0.15, -0.1) is 0 Å². The second kappa shape index (κ2) is 7.31. The molecule has 1 heteroatoms. The molecule has 78 valence electrons. The van der Waals surface area contributed by atoms with Crippen LogP contribution >= 0.6 is 0 Å². The van der Waals surface area contributed by atoms with E-state index >= 15 is 0 Å². The van der Waals surface area contributed by atoms with Gasteiger partial charge in [0.1, 0.15) is 0 Å². The molecule has 14 heavy (non-hydrogen) atoms. The van der Waals surface area contributed by atoms with Gasteiger partial charge in [-0.25, -0.2) is 0 Å². The molecule has 1 rings (SSSR count). The van der Waals surface area contributed by atoms with Crippen molar-refractivity contribution in [1.82, 2.24) is 0 Å². The van der Waals surface area contributed by atoms with Crippen molar-refractivity contribution in [3.8, 4) is 0 Å². The highest BCUT2D eigenvalue weighted by atomic mass is 14.7. The second-order valence-corrected chi connectivity index (χ2v) is 2.93. The summed E-state index contributed by atoms with van der Waals surface area (Å²) in [5.74, 6) is 0. The SMILES string of the molecule is C=NC1=C(/C(C)=C\C)C=CCC1.CC. The summed E-state index contributed by atoms with van der Waals surface area (Å²) in [6, 6.07) is 0. The number of nitrogens with zero attached hydrogens (tertiary/aromatic N) is 1. The first-order chi connectivity index (χ1) is 6.79. The average Bonchev–Trinajstić information content (AvgIpc) is 2.30. The Morgan fingerprint density at radius 3 is 2.64 bits per heavy atom. The minimum Gasteiger partial charge on any atom is -0.268 e. The molecule has 0 fully saturated rings. The maximum atomic E-state index is 4.04. The number of rotatable bonds is 2. The lowest BCUT2D eigenvalue weighted by Gasteiger charge is -2.11. The molecule has 0 aromatic heterocycles. The van der Waals surface area contributed by atoms with Crippen LogP contribution in [0.3, 0.4) is 0 Å². The van der Waals surface area contributed by atoms with E-state index in [1.807, 2.05) is 20.8 Å². The predicted octanol–water partition coefficient (Wildman–Crippen LogP) is 4.28. The molecular formula is C13H21N. The maximum absolute atomic E-state index is 4.04. The van der Waals surface area contributed by atoms with Crippen LogP contribution in [0.5, 0.6) is 0 Å². The van der Waals surface area contributed by atoms with Crippen molar-refractivity contribution in [2.45, 2.75) is 40.5 Å². The smallest absolute Gasteiger partial charge is 0.0474 e. The molecule has 0 saturated carbocycles. The molecule has 0 radical (unpaired) electrons. The molecule has 0 amide bonds. The lowest BCUT2D eigenvalue weighted by Crippen LogP contribution is -1.93. The topological polar surface area (TPSA) is 12.4 Å². The molecule has 0 saturated heterocycles. The predicted molar refractivity (Wildman–Crippen MR) is 65.7 cm³/mol. The summed E-state index contributed by atoms with van der Waals surface area (Å²) in [5.41, 5.74) is 3.67. The summed E-state index contributed by atoms with van der Waals surface area (Å²) >= 11 is 0. The molecule has 1 aliphatic carbocycles. The van der Waals surface area contributed by atoms with Crippen molar-refractivity contribution in [2.75, 3.05) is 0 Å². The molecule has 0 aromatic carbocycles. The van der Waals surface area contributed by atoms with Gasteiger partial charge < -0.3 is 0 Å². The van der Waals surface area contributed by atoms with Crippen LogP contribution in [-0.2, 0) is 0 Å². The summed E-state index contributed by atoms with van der Waals surface area (Å²) in [6.07, 6.45) is 8.56. The zero-order chi connectivity index (χ0) is 11.0. The van der Waals surface area contributed by atoms with E-state index in [9.17, 15) is 0 Å². The van der Waals surface area contributed by atoms with E-state index in [-0.39, 0.29) is 0 Å². The molecule has 0 bridgehead atoms. The van der Waals surface area contributed by atoms with Gasteiger partial charge in [-0.1, -0.05) is 32.1 Å². The fourth-order valence-electron chi connectivity index (χ4n) is 1.33. The van der Waals surface area contributed by atoms with Gasteiger partial charge >= 0.3 is 0 Å². The average molecular weight is 191 g/mol. The molecule has 0 aliphatic heterocycles. The highest BCUT2D eigenvalue weighted by molar-refractivity contribution is 5.46. The summed E-state index contributed by atoms with van der Waals surface area (Å²) in [6.45, 7) is 11.7. The van der Waals surface area contributed by atoms with Crippen molar-refractivity contribution in [3.63, 3.8) is 0 Å². The summed E-state index contributed by atoms with van der Waals surface area (Å²) in [7, 11) is 0. The standard InChI is InChI=1S/C11H15N.C2H6/c1-4-9(2)10-7-5-6-8-11(10)12-3;1-2/h4-5,7H,3,6,8H2,1-2H3;1-2H3/b9-4-;. The number of allylic oxidation sites excluding steroid dienone is 6. The van der Waals surface area contributed by atoms with E-state index < -0.39 is 0 Å². The van der Waals surface area contributed by atoms with Crippen molar-refractivity contribution < 1.29 is 0 Å². The molecule has 0 unspecified atom stereocenters. The third-order valence-electron chi connectivity index (χ3n) is 2.19. The first-order valence-corrected chi connectivity index (χ1v) is 5.29. The molecule has 0 atom stereocenters. The van der Waals surface area contributed by atoms with Crippen LogP contribution in [0.1, 0.15) is 40.5 Å². The normalized spacial score (nSPS) is 16.1. The van der Waals surface area contributed by atoms with E-state index in [4.69, 9.17) is 0 Å². The van der Waals surface area contributed by atoms with Gasteiger partial charge in [-0.2, -0.15) is 0 Å². The quantitative estimate of drug-likeness (QED) is 0.577. The van der Waals surface area contributed by atoms with E-state index in [0.717, 1.165) is 18.5 Å². The van der Waals surface area contributed by atoms with Gasteiger partial charge in [0.25, 0.3) is 0 Å². The minimum absolute atomic E-state index is 1.03. The van der Waals surface area contributed by atoms with Crippen LogP contribution in [0, 0.1) is 0 Å². The molecule has 0 N–H and O–H groups in total. The van der Waals surface area contributed by atoms with Crippen LogP contribution in [0.2, 0.25) is 0 Å². The number of hydrogen-bond donors (Lipinski definition) is 0. The van der Waals surface area contributed by atoms with Crippen LogP contribution in [-0.4, -0.2) is 6.72 Å². The zero-order valence-corrected chi connectivity index (χ0v) is 9.80.